The zero-order valence-corrected chi connectivity index (χ0v) is 17.4. The quantitative estimate of drug-likeness (QED) is 0.555. The molecule has 8 heteroatoms. The molecule has 1 amide bonds. The first-order chi connectivity index (χ1) is 14.1. The van der Waals surface area contributed by atoms with Crippen LogP contribution in [0.3, 0.4) is 0 Å². The van der Waals surface area contributed by atoms with Gasteiger partial charge in [0.2, 0.25) is 5.89 Å². The maximum Gasteiger partial charge on any atom is 0.255 e. The first kappa shape index (κ1) is 19.9. The fraction of sp³-hybridized carbons (Fsp3) is 0.286. The second-order valence-electron chi connectivity index (χ2n) is 6.68. The minimum absolute atomic E-state index is 0.00271. The molecule has 1 atom stereocenters. The third kappa shape index (κ3) is 4.80. The molecule has 2 heterocycles. The number of carbonyl (C=O) groups is 1. The van der Waals surface area contributed by atoms with E-state index >= 15 is 0 Å². The third-order valence-electron chi connectivity index (χ3n) is 4.63. The van der Waals surface area contributed by atoms with Crippen LogP contribution >= 0.6 is 23.4 Å². The van der Waals surface area contributed by atoms with Crippen molar-refractivity contribution in [2.45, 2.75) is 23.7 Å². The highest BCUT2D eigenvalue weighted by atomic mass is 35.5. The number of amides is 1. The number of aryl methyl sites for hydroxylation is 1. The monoisotopic (exact) mass is 429 g/mol. The van der Waals surface area contributed by atoms with Gasteiger partial charge in [-0.2, -0.15) is 4.98 Å². The van der Waals surface area contributed by atoms with E-state index < -0.39 is 0 Å². The van der Waals surface area contributed by atoms with Gasteiger partial charge >= 0.3 is 0 Å². The normalized spacial score (nSPS) is 16.8. The Labute approximate surface area is 178 Å². The molecule has 0 N–H and O–H groups in total. The number of hydrogen-bond donors (Lipinski definition) is 0. The molecule has 2 aromatic carbocycles. The first-order valence-electron chi connectivity index (χ1n) is 9.27. The van der Waals surface area contributed by atoms with E-state index in [1.165, 1.54) is 11.8 Å². The number of aromatic nitrogens is 2. The van der Waals surface area contributed by atoms with Crippen LogP contribution in [0.4, 0.5) is 0 Å². The maximum absolute atomic E-state index is 13.3. The van der Waals surface area contributed by atoms with Gasteiger partial charge in [0.1, 0.15) is 6.10 Å². The maximum atomic E-state index is 13.3. The molecule has 0 aliphatic carbocycles. The van der Waals surface area contributed by atoms with E-state index in [-0.39, 0.29) is 12.0 Å². The van der Waals surface area contributed by atoms with E-state index in [1.807, 2.05) is 53.4 Å². The lowest BCUT2D eigenvalue weighted by Crippen LogP contribution is -2.42. The van der Waals surface area contributed by atoms with E-state index in [9.17, 15) is 4.79 Å². The van der Waals surface area contributed by atoms with Crippen molar-refractivity contribution in [3.05, 3.63) is 76.4 Å². The SMILES string of the molecule is Cc1noc(CSc2ccccc2C(=O)N2CCOC(c3ccc(Cl)cc3)C2)n1. The van der Waals surface area contributed by atoms with Gasteiger partial charge in [-0.3, -0.25) is 4.79 Å². The Morgan fingerprint density at radius 2 is 2.03 bits per heavy atom. The molecule has 0 saturated carbocycles. The molecule has 0 radical (unpaired) electrons. The Hall–Kier alpha value is -2.35. The molecule has 1 aliphatic rings. The number of ether oxygens (including phenoxy) is 1. The lowest BCUT2D eigenvalue weighted by molar-refractivity contribution is -0.0229. The molecule has 150 valence electrons. The summed E-state index contributed by atoms with van der Waals surface area (Å²) in [6, 6.07) is 15.2. The zero-order valence-electron chi connectivity index (χ0n) is 15.9. The molecular formula is C21H20ClN3O3S. The van der Waals surface area contributed by atoms with Crippen molar-refractivity contribution in [1.82, 2.24) is 15.0 Å². The highest BCUT2D eigenvalue weighted by Crippen LogP contribution is 2.29. The van der Waals surface area contributed by atoms with Gasteiger partial charge in [0.05, 0.1) is 24.5 Å². The zero-order chi connectivity index (χ0) is 20.2. The van der Waals surface area contributed by atoms with Crippen molar-refractivity contribution in [1.29, 1.82) is 0 Å². The fourth-order valence-electron chi connectivity index (χ4n) is 3.19. The summed E-state index contributed by atoms with van der Waals surface area (Å²) in [6.07, 6.45) is -0.161. The summed E-state index contributed by atoms with van der Waals surface area (Å²) in [5.74, 6) is 1.66. The van der Waals surface area contributed by atoms with E-state index in [0.29, 0.717) is 47.8 Å². The summed E-state index contributed by atoms with van der Waals surface area (Å²) < 4.78 is 11.1. The Kier molecular flexibility index (Phi) is 6.18. The van der Waals surface area contributed by atoms with E-state index in [4.69, 9.17) is 20.9 Å². The van der Waals surface area contributed by atoms with Gasteiger partial charge in [-0.25, -0.2) is 0 Å². The van der Waals surface area contributed by atoms with Crippen LogP contribution in [-0.2, 0) is 10.5 Å². The topological polar surface area (TPSA) is 68.5 Å². The average molecular weight is 430 g/mol. The average Bonchev–Trinajstić information content (AvgIpc) is 3.18. The third-order valence-corrected chi connectivity index (χ3v) is 5.94. The summed E-state index contributed by atoms with van der Waals surface area (Å²) in [7, 11) is 0. The number of benzene rings is 2. The van der Waals surface area contributed by atoms with E-state index in [1.54, 1.807) is 6.92 Å². The highest BCUT2D eigenvalue weighted by molar-refractivity contribution is 7.98. The summed E-state index contributed by atoms with van der Waals surface area (Å²) in [4.78, 5) is 20.2. The molecule has 0 spiro atoms. The largest absolute Gasteiger partial charge is 0.370 e. The van der Waals surface area contributed by atoms with Gasteiger partial charge in [0.25, 0.3) is 5.91 Å². The summed E-state index contributed by atoms with van der Waals surface area (Å²) in [5.41, 5.74) is 1.69. The fourth-order valence-corrected chi connectivity index (χ4v) is 4.20. The van der Waals surface area contributed by atoms with Crippen LogP contribution in [0, 0.1) is 6.92 Å². The molecule has 1 fully saturated rings. The molecule has 1 unspecified atom stereocenters. The van der Waals surface area contributed by atoms with Crippen molar-refractivity contribution >= 4 is 29.3 Å². The molecule has 1 aromatic heterocycles. The number of carbonyl (C=O) groups excluding carboxylic acids is 1. The minimum atomic E-state index is -0.161. The van der Waals surface area contributed by atoms with Gasteiger partial charge in [0.15, 0.2) is 5.82 Å². The van der Waals surface area contributed by atoms with Crippen molar-refractivity contribution in [3.8, 4) is 0 Å². The van der Waals surface area contributed by atoms with Crippen molar-refractivity contribution in [2.75, 3.05) is 19.7 Å². The Bertz CT molecular complexity index is 993. The number of rotatable bonds is 5. The number of nitrogens with zero attached hydrogens (tertiary/aromatic N) is 3. The van der Waals surface area contributed by atoms with Crippen LogP contribution in [0.2, 0.25) is 5.02 Å². The first-order valence-corrected chi connectivity index (χ1v) is 10.6. The molecule has 6 nitrogen and oxygen atoms in total. The summed E-state index contributed by atoms with van der Waals surface area (Å²) in [5, 5.41) is 4.49. The van der Waals surface area contributed by atoms with Crippen LogP contribution in [-0.4, -0.2) is 40.6 Å². The Morgan fingerprint density at radius 1 is 1.24 bits per heavy atom. The predicted molar refractivity (Wildman–Crippen MR) is 111 cm³/mol. The van der Waals surface area contributed by atoms with E-state index in [0.717, 1.165) is 10.5 Å². The van der Waals surface area contributed by atoms with Gasteiger partial charge < -0.3 is 14.2 Å². The smallest absolute Gasteiger partial charge is 0.255 e. The Balaban J connectivity index is 1.48. The number of thioether (sulfide) groups is 1. The Morgan fingerprint density at radius 3 is 2.79 bits per heavy atom. The van der Waals surface area contributed by atoms with Crippen molar-refractivity contribution in [2.24, 2.45) is 0 Å². The molecule has 4 rings (SSSR count). The second-order valence-corrected chi connectivity index (χ2v) is 8.14. The number of halogens is 1. The van der Waals surface area contributed by atoms with Gasteiger partial charge in [0, 0.05) is 16.5 Å². The van der Waals surface area contributed by atoms with Crippen LogP contribution in [0.15, 0.2) is 57.9 Å². The summed E-state index contributed by atoms with van der Waals surface area (Å²) >= 11 is 7.49. The molecule has 3 aromatic rings. The van der Waals surface area contributed by atoms with Crippen LogP contribution in [0.1, 0.15) is 33.7 Å². The molecule has 29 heavy (non-hydrogen) atoms. The standard InChI is InChI=1S/C21H20ClN3O3S/c1-14-23-20(28-24-14)13-29-19-5-3-2-4-17(19)21(26)25-10-11-27-18(12-25)15-6-8-16(22)9-7-15/h2-9,18H,10-13H2,1H3. The van der Waals surface area contributed by atoms with Gasteiger partial charge in [-0.1, -0.05) is 41.0 Å². The number of morpholine rings is 1. The lowest BCUT2D eigenvalue weighted by Gasteiger charge is -2.33. The highest BCUT2D eigenvalue weighted by Gasteiger charge is 2.27. The molecule has 1 aliphatic heterocycles. The lowest BCUT2D eigenvalue weighted by atomic mass is 10.1. The van der Waals surface area contributed by atoms with E-state index in [2.05, 4.69) is 10.1 Å². The molecule has 1 saturated heterocycles. The van der Waals surface area contributed by atoms with Crippen LogP contribution in [0.5, 0.6) is 0 Å². The predicted octanol–water partition coefficient (Wildman–Crippen LogP) is 4.54. The molecular weight excluding hydrogens is 410 g/mol. The summed E-state index contributed by atoms with van der Waals surface area (Å²) in [6.45, 7) is 3.34. The van der Waals surface area contributed by atoms with Crippen molar-refractivity contribution < 1.29 is 14.1 Å². The minimum Gasteiger partial charge on any atom is -0.370 e. The second kappa shape index (κ2) is 8.98. The number of hydrogen-bond acceptors (Lipinski definition) is 6. The van der Waals surface area contributed by atoms with Gasteiger partial charge in [-0.15, -0.1) is 11.8 Å². The van der Waals surface area contributed by atoms with Crippen LogP contribution in [0.25, 0.3) is 0 Å². The van der Waals surface area contributed by atoms with Crippen molar-refractivity contribution in [3.63, 3.8) is 0 Å². The molecule has 0 bridgehead atoms. The van der Waals surface area contributed by atoms with Crippen LogP contribution < -0.4 is 0 Å². The van der Waals surface area contributed by atoms with Gasteiger partial charge in [-0.05, 0) is 36.8 Å².